The van der Waals surface area contributed by atoms with Crippen LogP contribution in [0.5, 0.6) is 0 Å². The smallest absolute Gasteiger partial charge is 0.251 e. The van der Waals surface area contributed by atoms with Gasteiger partial charge >= 0.3 is 0 Å². The zero-order chi connectivity index (χ0) is 10.8. The maximum Gasteiger partial charge on any atom is 0.251 e. The van der Waals surface area contributed by atoms with E-state index in [0.29, 0.717) is 11.6 Å². The second-order valence-corrected chi connectivity index (χ2v) is 3.95. The lowest BCUT2D eigenvalue weighted by atomic mass is 10.1. The van der Waals surface area contributed by atoms with Crippen LogP contribution in [0.25, 0.3) is 0 Å². The largest absolute Gasteiger partial charge is 0.349 e. The van der Waals surface area contributed by atoms with Crippen molar-refractivity contribution >= 4 is 11.6 Å². The Kier molecular flexibility index (Phi) is 2.60. The molecule has 0 spiro atoms. The summed E-state index contributed by atoms with van der Waals surface area (Å²) in [5.74, 6) is 3.62. The molecule has 4 nitrogen and oxygen atoms in total. The molecule has 0 saturated heterocycles. The molecular formula is C11H16N3O+. The van der Waals surface area contributed by atoms with E-state index < -0.39 is 0 Å². The molecule has 5 N–H and O–H groups in total. The van der Waals surface area contributed by atoms with E-state index in [1.165, 1.54) is 0 Å². The molecule has 1 aliphatic carbocycles. The highest BCUT2D eigenvalue weighted by Gasteiger charge is 2.23. The van der Waals surface area contributed by atoms with Crippen LogP contribution in [0, 0.1) is 6.92 Å². The summed E-state index contributed by atoms with van der Waals surface area (Å²) in [5, 5.41) is 2.95. The van der Waals surface area contributed by atoms with Crippen molar-refractivity contribution in [3.8, 4) is 0 Å². The summed E-state index contributed by atoms with van der Waals surface area (Å²) in [5.41, 5.74) is 5.51. The molecule has 1 fully saturated rings. The SMILES string of the molecule is Cc1ccc(C(=O)NC2CC2)cc1N[NH3+]. The number of carbonyl (C=O) groups excluding carboxylic acids is 1. The lowest BCUT2D eigenvalue weighted by molar-refractivity contribution is -0.325. The van der Waals surface area contributed by atoms with Crippen LogP contribution in [0.3, 0.4) is 0 Å². The van der Waals surface area contributed by atoms with E-state index in [1.807, 2.05) is 25.1 Å². The topological polar surface area (TPSA) is 68.8 Å². The van der Waals surface area contributed by atoms with Crippen LogP contribution in [0.4, 0.5) is 5.69 Å². The van der Waals surface area contributed by atoms with E-state index in [9.17, 15) is 4.79 Å². The zero-order valence-corrected chi connectivity index (χ0v) is 8.84. The minimum Gasteiger partial charge on any atom is -0.349 e. The van der Waals surface area contributed by atoms with Gasteiger partial charge in [-0.3, -0.25) is 10.6 Å². The summed E-state index contributed by atoms with van der Waals surface area (Å²) in [4.78, 5) is 11.7. The van der Waals surface area contributed by atoms with Gasteiger partial charge in [-0.25, -0.2) is 5.43 Å². The molecule has 0 heterocycles. The Morgan fingerprint density at radius 1 is 1.47 bits per heavy atom. The van der Waals surface area contributed by atoms with Gasteiger partial charge in [-0.15, -0.1) is 0 Å². The molecule has 0 radical (unpaired) electrons. The molecule has 0 bridgehead atoms. The van der Waals surface area contributed by atoms with Crippen LogP contribution in [0.1, 0.15) is 28.8 Å². The summed E-state index contributed by atoms with van der Waals surface area (Å²) in [6.45, 7) is 1.98. The fraction of sp³-hybridized carbons (Fsp3) is 0.364. The number of amides is 1. The van der Waals surface area contributed by atoms with Gasteiger partial charge < -0.3 is 5.32 Å². The summed E-state index contributed by atoms with van der Waals surface area (Å²) >= 11 is 0. The Hall–Kier alpha value is -1.55. The van der Waals surface area contributed by atoms with Crippen molar-refractivity contribution in [3.05, 3.63) is 29.3 Å². The normalized spacial score (nSPS) is 14.8. The van der Waals surface area contributed by atoms with Crippen molar-refractivity contribution in [2.45, 2.75) is 25.8 Å². The van der Waals surface area contributed by atoms with E-state index in [4.69, 9.17) is 0 Å². The molecule has 0 atom stereocenters. The molecule has 1 aliphatic rings. The van der Waals surface area contributed by atoms with Crippen molar-refractivity contribution < 1.29 is 10.6 Å². The van der Waals surface area contributed by atoms with E-state index >= 15 is 0 Å². The van der Waals surface area contributed by atoms with Crippen molar-refractivity contribution in [2.75, 3.05) is 5.43 Å². The van der Waals surface area contributed by atoms with Crippen molar-refractivity contribution in [1.82, 2.24) is 5.32 Å². The average molecular weight is 206 g/mol. The minimum atomic E-state index is 0.00833. The van der Waals surface area contributed by atoms with E-state index in [2.05, 4.69) is 16.6 Å². The highest BCUT2D eigenvalue weighted by Crippen LogP contribution is 2.20. The third-order valence-electron chi connectivity index (χ3n) is 2.60. The van der Waals surface area contributed by atoms with Crippen LogP contribution in [0.15, 0.2) is 18.2 Å². The molecule has 80 valence electrons. The summed E-state index contributed by atoms with van der Waals surface area (Å²) in [7, 11) is 0. The molecule has 0 unspecified atom stereocenters. The third kappa shape index (κ3) is 2.27. The number of hydrogen-bond acceptors (Lipinski definition) is 2. The lowest BCUT2D eigenvalue weighted by Gasteiger charge is -2.06. The highest BCUT2D eigenvalue weighted by molar-refractivity contribution is 5.95. The highest BCUT2D eigenvalue weighted by atomic mass is 16.1. The van der Waals surface area contributed by atoms with Gasteiger partial charge in [-0.05, 0) is 37.5 Å². The summed E-state index contributed by atoms with van der Waals surface area (Å²) in [6.07, 6.45) is 2.22. The van der Waals surface area contributed by atoms with Crippen LogP contribution < -0.4 is 16.6 Å². The van der Waals surface area contributed by atoms with E-state index in [-0.39, 0.29) is 5.91 Å². The maximum atomic E-state index is 11.7. The number of carbonyl (C=O) groups is 1. The number of benzene rings is 1. The molecule has 0 aromatic heterocycles. The van der Waals surface area contributed by atoms with E-state index in [1.54, 1.807) is 0 Å². The first-order valence-corrected chi connectivity index (χ1v) is 5.15. The maximum absolute atomic E-state index is 11.7. The molecule has 1 amide bonds. The predicted molar refractivity (Wildman–Crippen MR) is 58.2 cm³/mol. The fourth-order valence-corrected chi connectivity index (χ4v) is 1.45. The Labute approximate surface area is 88.8 Å². The molecule has 1 saturated carbocycles. The van der Waals surface area contributed by atoms with E-state index in [0.717, 1.165) is 24.1 Å². The minimum absolute atomic E-state index is 0.00833. The predicted octanol–water partition coefficient (Wildman–Crippen LogP) is 0.456. The fourth-order valence-electron chi connectivity index (χ4n) is 1.45. The number of hydrogen-bond donors (Lipinski definition) is 3. The van der Waals surface area contributed by atoms with Crippen LogP contribution in [0.2, 0.25) is 0 Å². The average Bonchev–Trinajstić information content (AvgIpc) is 3.02. The Balaban J connectivity index is 2.16. The third-order valence-corrected chi connectivity index (χ3v) is 2.60. The molecule has 2 rings (SSSR count). The van der Waals surface area contributed by atoms with Crippen molar-refractivity contribution in [2.24, 2.45) is 0 Å². The standard InChI is InChI=1S/C11H15N3O/c1-7-2-3-8(6-10(7)14-12)11(15)13-9-4-5-9/h2-3,6,9,14H,4-5,12H2,1H3,(H,13,15)/p+1. The second kappa shape index (κ2) is 3.90. The van der Waals surface area contributed by atoms with Gasteiger partial charge in [-0.1, -0.05) is 6.07 Å². The van der Waals surface area contributed by atoms with Crippen LogP contribution in [-0.4, -0.2) is 11.9 Å². The monoisotopic (exact) mass is 206 g/mol. The number of anilines is 1. The molecule has 1 aromatic carbocycles. The number of quaternary nitrogens is 1. The van der Waals surface area contributed by atoms with Gasteiger partial charge in [0, 0.05) is 11.6 Å². The van der Waals surface area contributed by atoms with Gasteiger partial charge in [0.05, 0.1) is 5.69 Å². The van der Waals surface area contributed by atoms with Gasteiger partial charge in [0.25, 0.3) is 5.91 Å². The van der Waals surface area contributed by atoms with Gasteiger partial charge in [0.2, 0.25) is 0 Å². The van der Waals surface area contributed by atoms with Crippen LogP contribution in [-0.2, 0) is 0 Å². The first kappa shape index (κ1) is 9.98. The Bertz CT molecular complexity index is 385. The quantitative estimate of drug-likeness (QED) is 0.629. The molecular weight excluding hydrogens is 190 g/mol. The van der Waals surface area contributed by atoms with Crippen molar-refractivity contribution in [3.63, 3.8) is 0 Å². The first-order valence-electron chi connectivity index (χ1n) is 5.15. The zero-order valence-electron chi connectivity index (χ0n) is 8.84. The van der Waals surface area contributed by atoms with Gasteiger partial charge in [0.1, 0.15) is 0 Å². The number of rotatable bonds is 3. The van der Waals surface area contributed by atoms with Gasteiger partial charge in [-0.2, -0.15) is 0 Å². The molecule has 0 aliphatic heterocycles. The summed E-state index contributed by atoms with van der Waals surface area (Å²) < 4.78 is 0. The Morgan fingerprint density at radius 2 is 2.20 bits per heavy atom. The van der Waals surface area contributed by atoms with Crippen molar-refractivity contribution in [1.29, 1.82) is 0 Å². The summed E-state index contributed by atoms with van der Waals surface area (Å²) in [6, 6.07) is 6.00. The molecule has 4 heteroatoms. The molecule has 15 heavy (non-hydrogen) atoms. The number of aryl methyl sites for hydroxylation is 1. The molecule has 1 aromatic rings. The first-order chi connectivity index (χ1) is 7.20. The Morgan fingerprint density at radius 3 is 2.80 bits per heavy atom. The van der Waals surface area contributed by atoms with Gasteiger partial charge in [0.15, 0.2) is 0 Å². The second-order valence-electron chi connectivity index (χ2n) is 3.95. The number of nitrogens with one attached hydrogen (secondary N) is 2. The lowest BCUT2D eigenvalue weighted by Crippen LogP contribution is -2.56. The van der Waals surface area contributed by atoms with Crippen LogP contribution >= 0.6 is 0 Å².